The summed E-state index contributed by atoms with van der Waals surface area (Å²) in [5, 5.41) is 7.65. The Hall–Kier alpha value is -1.54. The SMILES string of the molecule is COc1ccc(-c2nc(C)c(C(=O)NC3CC4CCC(C3)N4)s2)cc1OC.Cl.Cl. The molecule has 2 saturated heterocycles. The zero-order chi connectivity index (χ0) is 19.0. The predicted molar refractivity (Wildman–Crippen MR) is 120 cm³/mol. The van der Waals surface area contributed by atoms with Crippen LogP contribution in [-0.4, -0.2) is 43.2 Å². The van der Waals surface area contributed by atoms with Crippen LogP contribution in [0.4, 0.5) is 0 Å². The molecule has 2 unspecified atom stereocenters. The number of aryl methyl sites for hydroxylation is 1. The van der Waals surface area contributed by atoms with E-state index in [1.54, 1.807) is 14.2 Å². The third kappa shape index (κ3) is 4.97. The minimum Gasteiger partial charge on any atom is -0.493 e. The quantitative estimate of drug-likeness (QED) is 0.706. The number of benzene rings is 1. The fraction of sp³-hybridized carbons (Fsp3) is 0.500. The van der Waals surface area contributed by atoms with Crippen molar-refractivity contribution in [1.29, 1.82) is 0 Å². The summed E-state index contributed by atoms with van der Waals surface area (Å²) in [4.78, 5) is 18.1. The zero-order valence-corrected chi connectivity index (χ0v) is 19.1. The molecule has 0 spiro atoms. The first kappa shape index (κ1) is 23.7. The zero-order valence-electron chi connectivity index (χ0n) is 16.7. The van der Waals surface area contributed by atoms with Gasteiger partial charge in [0, 0.05) is 23.7 Å². The average Bonchev–Trinajstić information content (AvgIpc) is 3.23. The van der Waals surface area contributed by atoms with Crippen LogP contribution in [0.15, 0.2) is 18.2 Å². The first-order chi connectivity index (χ1) is 13.1. The molecule has 2 fully saturated rings. The third-order valence-electron chi connectivity index (χ3n) is 5.44. The number of hydrogen-bond donors (Lipinski definition) is 2. The van der Waals surface area contributed by atoms with Gasteiger partial charge in [0.05, 0.1) is 19.9 Å². The molecule has 2 atom stereocenters. The first-order valence-corrected chi connectivity index (χ1v) is 10.2. The number of rotatable bonds is 5. The molecule has 2 bridgehead atoms. The van der Waals surface area contributed by atoms with Gasteiger partial charge in [-0.25, -0.2) is 4.98 Å². The number of carbonyl (C=O) groups excluding carboxylic acids is 1. The van der Waals surface area contributed by atoms with Gasteiger partial charge in [0.2, 0.25) is 0 Å². The summed E-state index contributed by atoms with van der Waals surface area (Å²) in [6, 6.07) is 7.05. The van der Waals surface area contributed by atoms with E-state index < -0.39 is 0 Å². The van der Waals surface area contributed by atoms with Crippen LogP contribution in [0.2, 0.25) is 0 Å². The summed E-state index contributed by atoms with van der Waals surface area (Å²) in [6.07, 6.45) is 4.48. The average molecular weight is 460 g/mol. The van der Waals surface area contributed by atoms with Crippen molar-refractivity contribution in [2.75, 3.05) is 14.2 Å². The number of aromatic nitrogens is 1. The Kier molecular flexibility index (Phi) is 8.17. The molecule has 2 aromatic rings. The molecule has 2 aliphatic heterocycles. The molecule has 3 heterocycles. The highest BCUT2D eigenvalue weighted by Gasteiger charge is 2.34. The van der Waals surface area contributed by atoms with Gasteiger partial charge in [-0.3, -0.25) is 4.79 Å². The van der Waals surface area contributed by atoms with E-state index in [0.717, 1.165) is 29.1 Å². The summed E-state index contributed by atoms with van der Waals surface area (Å²) in [7, 11) is 3.22. The fourth-order valence-electron chi connectivity index (χ4n) is 4.13. The maximum absolute atomic E-state index is 12.8. The van der Waals surface area contributed by atoms with E-state index in [-0.39, 0.29) is 36.8 Å². The molecular formula is C20H27Cl2N3O3S. The van der Waals surface area contributed by atoms with Crippen molar-refractivity contribution in [3.63, 3.8) is 0 Å². The number of piperidine rings is 1. The smallest absolute Gasteiger partial charge is 0.263 e. The van der Waals surface area contributed by atoms with Gasteiger partial charge in [-0.1, -0.05) is 0 Å². The topological polar surface area (TPSA) is 72.5 Å². The van der Waals surface area contributed by atoms with Crippen LogP contribution in [0.5, 0.6) is 11.5 Å². The normalized spacial score (nSPS) is 22.2. The summed E-state index contributed by atoms with van der Waals surface area (Å²) in [5.41, 5.74) is 1.68. The number of thiazole rings is 1. The number of methoxy groups -OCH3 is 2. The molecular weight excluding hydrogens is 433 g/mol. The van der Waals surface area contributed by atoms with E-state index in [4.69, 9.17) is 9.47 Å². The highest BCUT2D eigenvalue weighted by atomic mass is 35.5. The molecule has 0 saturated carbocycles. The number of nitrogens with one attached hydrogen (secondary N) is 2. The number of halogens is 2. The van der Waals surface area contributed by atoms with Crippen molar-refractivity contribution in [3.05, 3.63) is 28.8 Å². The van der Waals surface area contributed by atoms with Gasteiger partial charge in [0.25, 0.3) is 5.91 Å². The van der Waals surface area contributed by atoms with Crippen molar-refractivity contribution < 1.29 is 14.3 Å². The van der Waals surface area contributed by atoms with Gasteiger partial charge < -0.3 is 20.1 Å². The van der Waals surface area contributed by atoms with E-state index in [1.165, 1.54) is 24.2 Å². The minimum atomic E-state index is -0.0111. The molecule has 0 radical (unpaired) electrons. The summed E-state index contributed by atoms with van der Waals surface area (Å²) in [5.74, 6) is 1.31. The molecule has 160 valence electrons. The monoisotopic (exact) mass is 459 g/mol. The number of nitrogens with zero attached hydrogens (tertiary/aromatic N) is 1. The molecule has 1 aromatic heterocycles. The van der Waals surface area contributed by atoms with E-state index in [1.807, 2.05) is 25.1 Å². The molecule has 1 amide bonds. The fourth-order valence-corrected chi connectivity index (χ4v) is 5.09. The van der Waals surface area contributed by atoms with Gasteiger partial charge in [-0.15, -0.1) is 36.2 Å². The predicted octanol–water partition coefficient (Wildman–Crippen LogP) is 3.99. The first-order valence-electron chi connectivity index (χ1n) is 9.34. The van der Waals surface area contributed by atoms with E-state index in [0.29, 0.717) is 28.5 Å². The molecule has 29 heavy (non-hydrogen) atoms. The molecule has 4 rings (SSSR count). The molecule has 6 nitrogen and oxygen atoms in total. The van der Waals surface area contributed by atoms with Crippen LogP contribution in [0.3, 0.4) is 0 Å². The van der Waals surface area contributed by atoms with Crippen molar-refractivity contribution in [1.82, 2.24) is 15.6 Å². The van der Waals surface area contributed by atoms with Gasteiger partial charge >= 0.3 is 0 Å². The van der Waals surface area contributed by atoms with Crippen LogP contribution in [0.1, 0.15) is 41.0 Å². The number of ether oxygens (including phenoxy) is 2. The van der Waals surface area contributed by atoms with E-state index in [2.05, 4.69) is 15.6 Å². The van der Waals surface area contributed by atoms with E-state index in [9.17, 15) is 4.79 Å². The molecule has 0 aliphatic carbocycles. The summed E-state index contributed by atoms with van der Waals surface area (Å²) >= 11 is 1.42. The largest absolute Gasteiger partial charge is 0.493 e. The maximum Gasteiger partial charge on any atom is 0.263 e. The van der Waals surface area contributed by atoms with Gasteiger partial charge in [-0.05, 0) is 50.8 Å². The Morgan fingerprint density at radius 3 is 2.41 bits per heavy atom. The van der Waals surface area contributed by atoms with Crippen molar-refractivity contribution in [2.45, 2.75) is 50.7 Å². The van der Waals surface area contributed by atoms with Gasteiger partial charge in [-0.2, -0.15) is 0 Å². The maximum atomic E-state index is 12.8. The van der Waals surface area contributed by atoms with Gasteiger partial charge in [0.15, 0.2) is 11.5 Å². The Morgan fingerprint density at radius 2 is 1.79 bits per heavy atom. The second-order valence-electron chi connectivity index (χ2n) is 7.28. The second kappa shape index (κ2) is 9.98. The van der Waals surface area contributed by atoms with Crippen molar-refractivity contribution in [2.24, 2.45) is 0 Å². The van der Waals surface area contributed by atoms with Crippen LogP contribution in [0, 0.1) is 6.92 Å². The lowest BCUT2D eigenvalue weighted by molar-refractivity contribution is 0.0927. The Bertz CT molecular complexity index is 849. The number of amides is 1. The van der Waals surface area contributed by atoms with Crippen molar-refractivity contribution in [3.8, 4) is 22.1 Å². The molecule has 1 aromatic carbocycles. The standard InChI is InChI=1S/C20H25N3O3S.2ClH/c1-11-18(19(24)23-15-9-13-5-6-14(10-15)22-13)27-20(21-11)12-4-7-16(25-2)17(8-12)26-3;;/h4,7-8,13-15,22H,5-6,9-10H2,1-3H3,(H,23,24);2*1H. The van der Waals surface area contributed by atoms with Crippen LogP contribution >= 0.6 is 36.2 Å². The van der Waals surface area contributed by atoms with E-state index >= 15 is 0 Å². The highest BCUT2D eigenvalue weighted by molar-refractivity contribution is 7.17. The Labute approximate surface area is 187 Å². The lowest BCUT2D eigenvalue weighted by atomic mass is 10.00. The Balaban J connectivity index is 0.00000150. The lowest BCUT2D eigenvalue weighted by Crippen LogP contribution is -2.48. The number of carbonyl (C=O) groups is 1. The molecule has 9 heteroatoms. The highest BCUT2D eigenvalue weighted by Crippen LogP contribution is 2.35. The number of hydrogen-bond acceptors (Lipinski definition) is 6. The number of fused-ring (bicyclic) bond motifs is 2. The Morgan fingerprint density at radius 1 is 1.14 bits per heavy atom. The second-order valence-corrected chi connectivity index (χ2v) is 8.28. The molecule has 2 aliphatic rings. The summed E-state index contributed by atoms with van der Waals surface area (Å²) in [6.45, 7) is 1.89. The lowest BCUT2D eigenvalue weighted by Gasteiger charge is -2.29. The van der Waals surface area contributed by atoms with Crippen LogP contribution in [0.25, 0.3) is 10.6 Å². The van der Waals surface area contributed by atoms with Gasteiger partial charge in [0.1, 0.15) is 9.88 Å². The van der Waals surface area contributed by atoms with Crippen LogP contribution < -0.4 is 20.1 Å². The van der Waals surface area contributed by atoms with Crippen molar-refractivity contribution >= 4 is 42.1 Å². The summed E-state index contributed by atoms with van der Waals surface area (Å²) < 4.78 is 10.7. The van der Waals surface area contributed by atoms with Crippen LogP contribution in [-0.2, 0) is 0 Å². The molecule has 2 N–H and O–H groups in total. The minimum absolute atomic E-state index is 0. The third-order valence-corrected chi connectivity index (χ3v) is 6.65.